The van der Waals surface area contributed by atoms with E-state index in [1.54, 1.807) is 18.2 Å². The number of aryl methyl sites for hydroxylation is 3. The van der Waals surface area contributed by atoms with Gasteiger partial charge in [0.25, 0.3) is 11.8 Å². The summed E-state index contributed by atoms with van der Waals surface area (Å²) in [6, 6.07) is 11.8. The van der Waals surface area contributed by atoms with Crippen molar-refractivity contribution in [1.29, 1.82) is 0 Å². The van der Waals surface area contributed by atoms with E-state index in [0.29, 0.717) is 11.3 Å². The topological polar surface area (TPSA) is 84.5 Å². The average Bonchev–Trinajstić information content (AvgIpc) is 2.58. The molecule has 142 valence electrons. The summed E-state index contributed by atoms with van der Waals surface area (Å²) in [6.45, 7) is 6.83. The van der Waals surface area contributed by atoms with Crippen LogP contribution in [0.2, 0.25) is 0 Å². The molecule has 0 aliphatic heterocycles. The Morgan fingerprint density at radius 1 is 0.963 bits per heavy atom. The number of rotatable bonds is 6. The van der Waals surface area contributed by atoms with Crippen molar-refractivity contribution < 1.29 is 19.1 Å². The maximum absolute atomic E-state index is 12.2. The molecule has 0 unspecified atom stereocenters. The van der Waals surface area contributed by atoms with Crippen LogP contribution in [0, 0.1) is 20.8 Å². The molecule has 2 aromatic rings. The molecule has 0 radical (unpaired) electrons. The minimum atomic E-state index is -0.868. The number of hydrogen-bond acceptors (Lipinski definition) is 4. The van der Waals surface area contributed by atoms with Crippen LogP contribution in [0.5, 0.6) is 0 Å². The van der Waals surface area contributed by atoms with E-state index in [1.165, 1.54) is 6.92 Å². The first-order chi connectivity index (χ1) is 12.7. The summed E-state index contributed by atoms with van der Waals surface area (Å²) in [5.41, 5.74) is 4.10. The molecule has 2 amide bonds. The monoisotopic (exact) mass is 368 g/mol. The lowest BCUT2D eigenvalue weighted by molar-refractivity contribution is -0.148. The van der Waals surface area contributed by atoms with Crippen LogP contribution in [0.3, 0.4) is 0 Å². The molecule has 0 saturated carbocycles. The molecule has 27 heavy (non-hydrogen) atoms. The van der Waals surface area contributed by atoms with Gasteiger partial charge >= 0.3 is 5.97 Å². The Hall–Kier alpha value is -3.15. The number of anilines is 1. The van der Waals surface area contributed by atoms with E-state index in [4.69, 9.17) is 4.74 Å². The summed E-state index contributed by atoms with van der Waals surface area (Å²) in [5, 5.41) is 5.25. The highest BCUT2D eigenvalue weighted by molar-refractivity contribution is 5.97. The van der Waals surface area contributed by atoms with E-state index < -0.39 is 24.5 Å². The summed E-state index contributed by atoms with van der Waals surface area (Å²) in [5.74, 6) is -1.49. The van der Waals surface area contributed by atoms with Gasteiger partial charge in [-0.05, 0) is 63.1 Å². The Morgan fingerprint density at radius 3 is 2.26 bits per heavy atom. The molecule has 2 N–H and O–H groups in total. The summed E-state index contributed by atoms with van der Waals surface area (Å²) in [6.07, 6.45) is 0. The van der Waals surface area contributed by atoms with Gasteiger partial charge in [-0.1, -0.05) is 23.8 Å². The molecule has 0 fully saturated rings. The summed E-state index contributed by atoms with van der Waals surface area (Å²) in [7, 11) is 0. The fourth-order valence-corrected chi connectivity index (χ4v) is 2.63. The summed E-state index contributed by atoms with van der Waals surface area (Å²) < 4.78 is 4.99. The van der Waals surface area contributed by atoms with Crippen molar-refractivity contribution in [3.8, 4) is 0 Å². The second-order valence-corrected chi connectivity index (χ2v) is 6.60. The third kappa shape index (κ3) is 6.26. The first-order valence-electron chi connectivity index (χ1n) is 8.67. The Bertz CT molecular complexity index is 841. The lowest BCUT2D eigenvalue weighted by Gasteiger charge is -2.14. The van der Waals surface area contributed by atoms with E-state index in [1.807, 2.05) is 45.0 Å². The normalized spacial score (nSPS) is 11.4. The average molecular weight is 368 g/mol. The van der Waals surface area contributed by atoms with Gasteiger partial charge in [-0.3, -0.25) is 9.59 Å². The van der Waals surface area contributed by atoms with Crippen molar-refractivity contribution in [3.63, 3.8) is 0 Å². The van der Waals surface area contributed by atoms with Crippen LogP contribution in [0.25, 0.3) is 0 Å². The highest BCUT2D eigenvalue weighted by atomic mass is 16.5. The lowest BCUT2D eigenvalue weighted by atomic mass is 10.1. The van der Waals surface area contributed by atoms with Gasteiger partial charge in [-0.25, -0.2) is 4.79 Å². The third-order valence-electron chi connectivity index (χ3n) is 3.83. The number of esters is 1. The molecule has 6 nitrogen and oxygen atoms in total. The standard InChI is InChI=1S/C21H24N2O4/c1-13-6-5-7-17(9-13)20(25)22-16(4)21(26)27-12-19(24)23-18-10-14(2)8-15(3)11-18/h5-11,16H,12H2,1-4H3,(H,22,25)(H,23,24)/t16-/m0/s1. The van der Waals surface area contributed by atoms with E-state index in [-0.39, 0.29) is 5.91 Å². The Kier molecular flexibility index (Phi) is 6.71. The zero-order valence-corrected chi connectivity index (χ0v) is 16.0. The van der Waals surface area contributed by atoms with Gasteiger partial charge in [0.2, 0.25) is 0 Å². The van der Waals surface area contributed by atoms with Gasteiger partial charge < -0.3 is 15.4 Å². The third-order valence-corrected chi connectivity index (χ3v) is 3.83. The van der Waals surface area contributed by atoms with Crippen molar-refractivity contribution in [2.24, 2.45) is 0 Å². The molecule has 0 heterocycles. The molecule has 0 aliphatic carbocycles. The molecular formula is C21H24N2O4. The van der Waals surface area contributed by atoms with E-state index in [0.717, 1.165) is 16.7 Å². The fourth-order valence-electron chi connectivity index (χ4n) is 2.63. The largest absolute Gasteiger partial charge is 0.454 e. The molecule has 0 saturated heterocycles. The number of nitrogens with one attached hydrogen (secondary N) is 2. The second kappa shape index (κ2) is 8.98. The predicted molar refractivity (Wildman–Crippen MR) is 104 cm³/mol. The highest BCUT2D eigenvalue weighted by Gasteiger charge is 2.19. The quantitative estimate of drug-likeness (QED) is 0.768. The minimum absolute atomic E-state index is 0.372. The van der Waals surface area contributed by atoms with E-state index >= 15 is 0 Å². The van der Waals surface area contributed by atoms with E-state index in [2.05, 4.69) is 10.6 Å². The molecule has 1 atom stereocenters. The fraction of sp³-hybridized carbons (Fsp3) is 0.286. The molecule has 6 heteroatoms. The second-order valence-electron chi connectivity index (χ2n) is 6.60. The number of amides is 2. The van der Waals surface area contributed by atoms with E-state index in [9.17, 15) is 14.4 Å². The van der Waals surface area contributed by atoms with Gasteiger partial charge in [0, 0.05) is 11.3 Å². The van der Waals surface area contributed by atoms with Crippen molar-refractivity contribution in [3.05, 3.63) is 64.7 Å². The van der Waals surface area contributed by atoms with Gasteiger partial charge in [0.15, 0.2) is 6.61 Å². The molecule has 2 aromatic carbocycles. The van der Waals surface area contributed by atoms with Crippen LogP contribution < -0.4 is 10.6 Å². The van der Waals surface area contributed by atoms with Crippen LogP contribution in [0.4, 0.5) is 5.69 Å². The zero-order valence-electron chi connectivity index (χ0n) is 16.0. The van der Waals surface area contributed by atoms with Crippen LogP contribution in [0.1, 0.15) is 34.0 Å². The SMILES string of the molecule is Cc1cc(C)cc(NC(=O)COC(=O)[C@H](C)NC(=O)c2cccc(C)c2)c1. The predicted octanol–water partition coefficient (Wildman–Crippen LogP) is 2.91. The van der Waals surface area contributed by atoms with Crippen LogP contribution >= 0.6 is 0 Å². The Morgan fingerprint density at radius 2 is 1.63 bits per heavy atom. The van der Waals surface area contributed by atoms with Crippen molar-refractivity contribution in [1.82, 2.24) is 5.32 Å². The lowest BCUT2D eigenvalue weighted by Crippen LogP contribution is -2.40. The number of hydrogen-bond donors (Lipinski definition) is 2. The number of ether oxygens (including phenoxy) is 1. The molecule has 2 rings (SSSR count). The van der Waals surface area contributed by atoms with Gasteiger partial charge in [-0.15, -0.1) is 0 Å². The van der Waals surface area contributed by atoms with Crippen LogP contribution in [0.15, 0.2) is 42.5 Å². The molecule has 0 aliphatic rings. The number of benzene rings is 2. The minimum Gasteiger partial charge on any atom is -0.454 e. The first-order valence-corrected chi connectivity index (χ1v) is 8.67. The molecular weight excluding hydrogens is 344 g/mol. The first kappa shape index (κ1) is 20.2. The maximum atomic E-state index is 12.2. The Labute approximate surface area is 158 Å². The maximum Gasteiger partial charge on any atom is 0.328 e. The Balaban J connectivity index is 1.83. The van der Waals surface area contributed by atoms with Gasteiger partial charge in [-0.2, -0.15) is 0 Å². The smallest absolute Gasteiger partial charge is 0.328 e. The molecule has 0 spiro atoms. The number of carbonyl (C=O) groups is 3. The molecule has 0 aromatic heterocycles. The zero-order chi connectivity index (χ0) is 20.0. The van der Waals surface area contributed by atoms with Crippen molar-refractivity contribution in [2.75, 3.05) is 11.9 Å². The molecule has 0 bridgehead atoms. The summed E-state index contributed by atoms with van der Waals surface area (Å²) >= 11 is 0. The summed E-state index contributed by atoms with van der Waals surface area (Å²) in [4.78, 5) is 36.1. The van der Waals surface area contributed by atoms with Gasteiger partial charge in [0.05, 0.1) is 0 Å². The van der Waals surface area contributed by atoms with Crippen LogP contribution in [-0.2, 0) is 14.3 Å². The van der Waals surface area contributed by atoms with Gasteiger partial charge in [0.1, 0.15) is 6.04 Å². The van der Waals surface area contributed by atoms with Crippen LogP contribution in [-0.4, -0.2) is 30.4 Å². The van der Waals surface area contributed by atoms with Crippen molar-refractivity contribution in [2.45, 2.75) is 33.7 Å². The number of carbonyl (C=O) groups excluding carboxylic acids is 3. The van der Waals surface area contributed by atoms with Crippen molar-refractivity contribution >= 4 is 23.5 Å². The highest BCUT2D eigenvalue weighted by Crippen LogP contribution is 2.13.